The zero-order valence-electron chi connectivity index (χ0n) is 13.5. The van der Waals surface area contributed by atoms with Gasteiger partial charge in [-0.25, -0.2) is 9.59 Å². The molecule has 0 unspecified atom stereocenters. The van der Waals surface area contributed by atoms with Crippen LogP contribution in [0.5, 0.6) is 11.5 Å². The van der Waals surface area contributed by atoms with E-state index in [0.717, 1.165) is 12.9 Å². The summed E-state index contributed by atoms with van der Waals surface area (Å²) in [5.74, 6) is 0.543. The third-order valence-corrected chi connectivity index (χ3v) is 4.08. The lowest BCUT2D eigenvalue weighted by Crippen LogP contribution is -2.43. The lowest BCUT2D eigenvalue weighted by molar-refractivity contribution is -0.136. The second kappa shape index (κ2) is 8.36. The van der Waals surface area contributed by atoms with Crippen molar-refractivity contribution >= 4 is 57.2 Å². The van der Waals surface area contributed by atoms with Gasteiger partial charge in [-0.15, -0.1) is 0 Å². The second-order valence-corrected chi connectivity index (χ2v) is 8.03. The highest BCUT2D eigenvalue weighted by molar-refractivity contribution is 14.1. The van der Waals surface area contributed by atoms with Crippen molar-refractivity contribution < 1.29 is 23.8 Å². The molecule has 0 radical (unpaired) electrons. The number of benzene rings is 1. The molecular weight excluding hydrogens is 528 g/mol. The number of ether oxygens (including phenoxy) is 3. The predicted molar refractivity (Wildman–Crippen MR) is 103 cm³/mol. The molecule has 0 saturated carbocycles. The molecule has 23 heavy (non-hydrogen) atoms. The number of hydrogen-bond donors (Lipinski definition) is 1. The van der Waals surface area contributed by atoms with Crippen molar-refractivity contribution in [2.45, 2.75) is 39.3 Å². The van der Waals surface area contributed by atoms with Crippen LogP contribution in [-0.2, 0) is 9.53 Å². The Balaban J connectivity index is 2.71. The first kappa shape index (κ1) is 20.3. The fraction of sp³-hybridized carbons (Fsp3) is 0.467. The van der Waals surface area contributed by atoms with Crippen molar-refractivity contribution in [3.05, 3.63) is 19.3 Å². The fourth-order valence-electron chi connectivity index (χ4n) is 1.54. The molecule has 1 rings (SSSR count). The molecule has 1 aromatic rings. The van der Waals surface area contributed by atoms with E-state index >= 15 is 0 Å². The third kappa shape index (κ3) is 6.69. The largest absolute Gasteiger partial charge is 0.495 e. The Morgan fingerprint density at radius 1 is 1.17 bits per heavy atom. The van der Waals surface area contributed by atoms with Crippen LogP contribution in [0.15, 0.2) is 12.1 Å². The summed E-state index contributed by atoms with van der Waals surface area (Å²) in [6.45, 7) is 6.77. The van der Waals surface area contributed by atoms with Gasteiger partial charge >= 0.3 is 12.1 Å². The normalized spacial score (nSPS) is 12.3. The summed E-state index contributed by atoms with van der Waals surface area (Å²) in [5.41, 5.74) is -0.629. The smallest absolute Gasteiger partial charge is 0.408 e. The molecule has 0 aliphatic rings. The van der Waals surface area contributed by atoms with Gasteiger partial charge in [0, 0.05) is 0 Å². The van der Waals surface area contributed by atoms with Gasteiger partial charge in [-0.05, 0) is 85.0 Å². The summed E-state index contributed by atoms with van der Waals surface area (Å²) < 4.78 is 17.3. The molecule has 0 heterocycles. The summed E-state index contributed by atoms with van der Waals surface area (Å²) >= 11 is 4.20. The average Bonchev–Trinajstić information content (AvgIpc) is 2.35. The van der Waals surface area contributed by atoms with E-state index in [0.29, 0.717) is 5.75 Å². The summed E-state index contributed by atoms with van der Waals surface area (Å²) in [6.07, 6.45) is -0.666. The first-order valence-corrected chi connectivity index (χ1v) is 8.93. The highest BCUT2D eigenvalue weighted by Crippen LogP contribution is 2.31. The molecule has 0 fully saturated rings. The molecule has 0 aromatic heterocycles. The summed E-state index contributed by atoms with van der Waals surface area (Å²) in [7, 11) is 1.58. The SMILES string of the molecule is COc1c(I)cc(OC(=O)[C@H](C)NC(=O)OC(C)(C)C)cc1I. The van der Waals surface area contributed by atoms with Crippen LogP contribution >= 0.6 is 45.2 Å². The molecule has 0 spiro atoms. The van der Waals surface area contributed by atoms with Gasteiger partial charge in [-0.3, -0.25) is 0 Å². The minimum absolute atomic E-state index is 0.391. The monoisotopic (exact) mass is 547 g/mol. The number of alkyl carbamates (subject to hydrolysis) is 1. The first-order chi connectivity index (χ1) is 10.5. The van der Waals surface area contributed by atoms with E-state index in [4.69, 9.17) is 14.2 Å². The Morgan fingerprint density at radius 2 is 1.70 bits per heavy atom. The molecule has 1 N–H and O–H groups in total. The Labute approximate surface area is 162 Å². The van der Waals surface area contributed by atoms with Gasteiger partial charge in [0.25, 0.3) is 0 Å². The van der Waals surface area contributed by atoms with E-state index in [9.17, 15) is 9.59 Å². The standard InChI is InChI=1S/C15H19I2NO5/c1-8(18-14(20)23-15(2,3)4)13(19)22-9-6-10(16)12(21-5)11(17)7-9/h6-8H,1-5H3,(H,18,20)/t8-/m0/s1. The predicted octanol–water partition coefficient (Wildman–Crippen LogP) is 3.72. The Hall–Kier alpha value is -0.780. The molecule has 128 valence electrons. The van der Waals surface area contributed by atoms with Crippen LogP contribution in [0, 0.1) is 7.14 Å². The van der Waals surface area contributed by atoms with E-state index in [2.05, 4.69) is 50.5 Å². The van der Waals surface area contributed by atoms with Crippen LogP contribution in [0.1, 0.15) is 27.7 Å². The van der Waals surface area contributed by atoms with Crippen molar-refractivity contribution in [1.29, 1.82) is 0 Å². The molecule has 0 bridgehead atoms. The van der Waals surface area contributed by atoms with Gasteiger partial charge in [-0.1, -0.05) is 0 Å². The Morgan fingerprint density at radius 3 is 2.13 bits per heavy atom. The maximum atomic E-state index is 12.1. The lowest BCUT2D eigenvalue weighted by atomic mass is 10.2. The number of methoxy groups -OCH3 is 1. The van der Waals surface area contributed by atoms with Crippen molar-refractivity contribution in [2.75, 3.05) is 7.11 Å². The van der Waals surface area contributed by atoms with E-state index in [1.165, 1.54) is 6.92 Å². The molecule has 1 atom stereocenters. The van der Waals surface area contributed by atoms with E-state index < -0.39 is 23.7 Å². The molecule has 8 heteroatoms. The number of amides is 1. The summed E-state index contributed by atoms with van der Waals surface area (Å²) in [5, 5.41) is 2.44. The number of nitrogens with one attached hydrogen (secondary N) is 1. The quantitative estimate of drug-likeness (QED) is 0.354. The number of esters is 1. The van der Waals surface area contributed by atoms with E-state index in [1.807, 2.05) is 0 Å². The molecule has 0 saturated heterocycles. The van der Waals surface area contributed by atoms with Crippen LogP contribution in [0.3, 0.4) is 0 Å². The van der Waals surface area contributed by atoms with Crippen LogP contribution in [0.25, 0.3) is 0 Å². The first-order valence-electron chi connectivity index (χ1n) is 6.77. The number of carbonyl (C=O) groups excluding carboxylic acids is 2. The number of carbonyl (C=O) groups is 2. The fourth-order valence-corrected chi connectivity index (χ4v) is 3.69. The maximum absolute atomic E-state index is 12.1. The number of halogens is 2. The van der Waals surface area contributed by atoms with Gasteiger partial charge in [0.15, 0.2) is 0 Å². The zero-order chi connectivity index (χ0) is 17.8. The highest BCUT2D eigenvalue weighted by atomic mass is 127. The van der Waals surface area contributed by atoms with E-state index in [1.54, 1.807) is 40.0 Å². The Kier molecular flexibility index (Phi) is 7.36. The van der Waals surface area contributed by atoms with Crippen molar-refractivity contribution in [3.8, 4) is 11.5 Å². The third-order valence-electron chi connectivity index (χ3n) is 2.48. The van der Waals surface area contributed by atoms with Crippen LogP contribution in [-0.4, -0.2) is 30.8 Å². The van der Waals surface area contributed by atoms with Crippen LogP contribution in [0.2, 0.25) is 0 Å². The summed E-state index contributed by atoms with van der Waals surface area (Å²) in [6, 6.07) is 2.56. The molecule has 1 aromatic carbocycles. The van der Waals surface area contributed by atoms with E-state index in [-0.39, 0.29) is 0 Å². The van der Waals surface area contributed by atoms with Crippen molar-refractivity contribution in [3.63, 3.8) is 0 Å². The maximum Gasteiger partial charge on any atom is 0.408 e. The van der Waals surface area contributed by atoms with Gasteiger partial charge < -0.3 is 19.5 Å². The molecule has 0 aliphatic carbocycles. The molecule has 1 amide bonds. The molecular formula is C15H19I2NO5. The van der Waals surface area contributed by atoms with Gasteiger partial charge in [0.1, 0.15) is 23.1 Å². The van der Waals surface area contributed by atoms with Gasteiger partial charge in [-0.2, -0.15) is 0 Å². The van der Waals surface area contributed by atoms with Crippen molar-refractivity contribution in [1.82, 2.24) is 5.32 Å². The van der Waals surface area contributed by atoms with Crippen LogP contribution < -0.4 is 14.8 Å². The van der Waals surface area contributed by atoms with Crippen LogP contribution in [0.4, 0.5) is 4.79 Å². The summed E-state index contributed by atoms with van der Waals surface area (Å²) in [4.78, 5) is 23.7. The average molecular weight is 547 g/mol. The topological polar surface area (TPSA) is 73.9 Å². The molecule has 0 aliphatic heterocycles. The van der Waals surface area contributed by atoms with Gasteiger partial charge in [0.2, 0.25) is 0 Å². The highest BCUT2D eigenvalue weighted by Gasteiger charge is 2.22. The van der Waals surface area contributed by atoms with Crippen molar-refractivity contribution in [2.24, 2.45) is 0 Å². The number of rotatable bonds is 4. The minimum atomic E-state index is -0.831. The second-order valence-electron chi connectivity index (χ2n) is 5.71. The zero-order valence-corrected chi connectivity index (χ0v) is 17.8. The van der Waals surface area contributed by atoms with Gasteiger partial charge in [0.05, 0.1) is 14.3 Å². The number of hydrogen-bond acceptors (Lipinski definition) is 5. The molecule has 6 nitrogen and oxygen atoms in total. The minimum Gasteiger partial charge on any atom is -0.495 e. The Bertz CT molecular complexity index is 575. The lowest BCUT2D eigenvalue weighted by Gasteiger charge is -2.21.